The molecule has 0 aromatic heterocycles. The second-order valence-electron chi connectivity index (χ2n) is 6.69. The summed E-state index contributed by atoms with van der Waals surface area (Å²) in [5, 5.41) is 3.25. The minimum Gasteiger partial charge on any atom is -0.444 e. The average molecular weight is 320 g/mol. The molecule has 0 bridgehead atoms. The molecule has 0 saturated carbocycles. The Morgan fingerprint density at radius 1 is 1.41 bits per heavy atom. The van der Waals surface area contributed by atoms with Gasteiger partial charge in [0.15, 0.2) is 0 Å². The first-order valence-electron chi connectivity index (χ1n) is 7.63. The van der Waals surface area contributed by atoms with Gasteiger partial charge in [0, 0.05) is 12.2 Å². The van der Waals surface area contributed by atoms with E-state index in [1.807, 2.05) is 52.0 Å². The number of carbonyl (C=O) groups is 1. The van der Waals surface area contributed by atoms with E-state index < -0.39 is 5.60 Å². The van der Waals surface area contributed by atoms with Crippen LogP contribution in [0.5, 0.6) is 0 Å². The Morgan fingerprint density at radius 3 is 2.77 bits per heavy atom. The van der Waals surface area contributed by atoms with Gasteiger partial charge in [0.25, 0.3) is 0 Å². The van der Waals surface area contributed by atoms with Gasteiger partial charge in [-0.05, 0) is 58.2 Å². The summed E-state index contributed by atoms with van der Waals surface area (Å²) >= 11 is 5.52. The number of rotatable bonds is 2. The molecule has 0 spiro atoms. The first-order valence-corrected chi connectivity index (χ1v) is 8.04. The van der Waals surface area contributed by atoms with Gasteiger partial charge in [-0.25, -0.2) is 4.79 Å². The predicted molar refractivity (Wildman–Crippen MR) is 93.4 cm³/mol. The lowest BCUT2D eigenvalue weighted by molar-refractivity contribution is 0.0267. The third-order valence-electron chi connectivity index (χ3n) is 3.47. The smallest absolute Gasteiger partial charge is 0.410 e. The third kappa shape index (κ3) is 4.44. The summed E-state index contributed by atoms with van der Waals surface area (Å²) in [6, 6.07) is 7.95. The van der Waals surface area contributed by atoms with Gasteiger partial charge in [-0.3, -0.25) is 4.90 Å². The highest BCUT2D eigenvalue weighted by Gasteiger charge is 2.34. The van der Waals surface area contributed by atoms with Crippen molar-refractivity contribution >= 4 is 29.0 Å². The molecule has 1 amide bonds. The summed E-state index contributed by atoms with van der Waals surface area (Å²) in [5.41, 5.74) is 1.64. The molecule has 1 N–H and O–H groups in total. The number of anilines is 1. The molecule has 0 radical (unpaired) electrons. The van der Waals surface area contributed by atoms with Crippen molar-refractivity contribution in [2.24, 2.45) is 0 Å². The monoisotopic (exact) mass is 320 g/mol. The molecule has 1 aromatic rings. The van der Waals surface area contributed by atoms with E-state index >= 15 is 0 Å². The van der Waals surface area contributed by atoms with E-state index in [-0.39, 0.29) is 12.1 Å². The van der Waals surface area contributed by atoms with E-state index in [0.29, 0.717) is 11.5 Å². The number of carbonyl (C=O) groups excluding carboxylic acids is 1. The van der Waals surface area contributed by atoms with Crippen molar-refractivity contribution in [3.8, 4) is 0 Å². The normalized spacial score (nSPS) is 18.2. The molecular formula is C17H24N2O2S. The Morgan fingerprint density at radius 2 is 2.14 bits per heavy atom. The first kappa shape index (κ1) is 16.7. The van der Waals surface area contributed by atoms with Crippen LogP contribution < -0.4 is 5.32 Å². The van der Waals surface area contributed by atoms with Gasteiger partial charge < -0.3 is 10.1 Å². The van der Waals surface area contributed by atoms with Gasteiger partial charge in [-0.1, -0.05) is 24.4 Å². The van der Waals surface area contributed by atoms with E-state index in [4.69, 9.17) is 17.0 Å². The van der Waals surface area contributed by atoms with E-state index in [0.717, 1.165) is 18.5 Å². The maximum atomic E-state index is 12.3. The lowest BCUT2D eigenvalue weighted by Gasteiger charge is -2.29. The minimum atomic E-state index is -0.490. The number of ether oxygens (including phenoxy) is 1. The quantitative estimate of drug-likeness (QED) is 0.832. The Balaban J connectivity index is 2.03. The summed E-state index contributed by atoms with van der Waals surface area (Å²) in [7, 11) is 0. The molecule has 5 heteroatoms. The molecule has 1 atom stereocenters. The molecule has 0 unspecified atom stereocenters. The molecule has 2 rings (SSSR count). The zero-order valence-electron chi connectivity index (χ0n) is 13.7. The van der Waals surface area contributed by atoms with Gasteiger partial charge >= 0.3 is 6.09 Å². The molecule has 120 valence electrons. The maximum Gasteiger partial charge on any atom is 0.410 e. The molecule has 22 heavy (non-hydrogen) atoms. The average Bonchev–Trinajstić information content (AvgIpc) is 2.85. The maximum absolute atomic E-state index is 12.3. The molecule has 1 aliphatic heterocycles. The molecule has 1 aliphatic rings. The third-order valence-corrected chi connectivity index (χ3v) is 3.84. The highest BCUT2D eigenvalue weighted by molar-refractivity contribution is 7.80. The first-order chi connectivity index (χ1) is 10.3. The number of nitrogens with one attached hydrogen (secondary N) is 1. The highest BCUT2D eigenvalue weighted by atomic mass is 32.1. The standard InChI is InChI=1S/C17H24N2O2S/c1-12-7-5-8-13(11-12)18-15(22)14-9-6-10-19(14)16(20)21-17(2,3)4/h5,7-8,11,14H,6,9-10H2,1-4H3,(H,18,22)/t14-/m0/s1. The zero-order chi connectivity index (χ0) is 16.3. The number of benzene rings is 1. The molecule has 1 aromatic carbocycles. The van der Waals surface area contributed by atoms with Gasteiger partial charge in [0.05, 0.1) is 6.04 Å². The number of aryl methyl sites for hydroxylation is 1. The Labute approximate surface area is 137 Å². The predicted octanol–water partition coefficient (Wildman–Crippen LogP) is 4.13. The Kier molecular flexibility index (Phi) is 5.06. The molecule has 4 nitrogen and oxygen atoms in total. The second-order valence-corrected chi connectivity index (χ2v) is 7.13. The van der Waals surface area contributed by atoms with Gasteiger partial charge in [-0.15, -0.1) is 0 Å². The molecule has 1 heterocycles. The summed E-state index contributed by atoms with van der Waals surface area (Å²) in [5.74, 6) is 0. The number of hydrogen-bond donors (Lipinski definition) is 1. The second kappa shape index (κ2) is 6.65. The van der Waals surface area contributed by atoms with Gasteiger partial charge in [0.1, 0.15) is 10.6 Å². The number of hydrogen-bond acceptors (Lipinski definition) is 3. The highest BCUT2D eigenvalue weighted by Crippen LogP contribution is 2.23. The number of nitrogens with zero attached hydrogens (tertiary/aromatic N) is 1. The fourth-order valence-corrected chi connectivity index (χ4v) is 2.89. The number of likely N-dealkylation sites (tertiary alicyclic amines) is 1. The van der Waals surface area contributed by atoms with Crippen LogP contribution in [0.3, 0.4) is 0 Å². The van der Waals surface area contributed by atoms with Crippen LogP contribution in [-0.4, -0.2) is 34.2 Å². The van der Waals surface area contributed by atoms with Crippen LogP contribution in [0, 0.1) is 6.92 Å². The van der Waals surface area contributed by atoms with Crippen molar-refractivity contribution in [3.05, 3.63) is 29.8 Å². The summed E-state index contributed by atoms with van der Waals surface area (Å²) in [4.78, 5) is 14.7. The van der Waals surface area contributed by atoms with Crippen LogP contribution in [-0.2, 0) is 4.74 Å². The lowest BCUT2D eigenvalue weighted by Crippen LogP contribution is -2.44. The van der Waals surface area contributed by atoms with Crippen LogP contribution in [0.4, 0.5) is 10.5 Å². The summed E-state index contributed by atoms with van der Waals surface area (Å²) in [6.07, 6.45) is 1.53. The zero-order valence-corrected chi connectivity index (χ0v) is 14.5. The summed E-state index contributed by atoms with van der Waals surface area (Å²) < 4.78 is 5.47. The number of amides is 1. The van der Waals surface area contributed by atoms with Crippen LogP contribution in [0.1, 0.15) is 39.2 Å². The largest absolute Gasteiger partial charge is 0.444 e. The van der Waals surface area contributed by atoms with Crippen LogP contribution in [0.15, 0.2) is 24.3 Å². The Bertz CT molecular complexity index is 566. The number of thiocarbonyl (C=S) groups is 1. The van der Waals surface area contributed by atoms with E-state index in [9.17, 15) is 4.79 Å². The van der Waals surface area contributed by atoms with Gasteiger partial charge in [0.2, 0.25) is 0 Å². The van der Waals surface area contributed by atoms with E-state index in [1.165, 1.54) is 5.56 Å². The van der Waals surface area contributed by atoms with Crippen molar-refractivity contribution in [1.82, 2.24) is 4.90 Å². The molecule has 1 fully saturated rings. The molecular weight excluding hydrogens is 296 g/mol. The van der Waals surface area contributed by atoms with Crippen molar-refractivity contribution in [2.45, 2.75) is 52.2 Å². The SMILES string of the molecule is Cc1cccc(NC(=S)[C@@H]2CCCN2C(=O)OC(C)(C)C)c1. The molecule has 1 saturated heterocycles. The van der Waals surface area contributed by atoms with Crippen molar-refractivity contribution < 1.29 is 9.53 Å². The molecule has 0 aliphatic carbocycles. The van der Waals surface area contributed by atoms with E-state index in [2.05, 4.69) is 5.32 Å². The van der Waals surface area contributed by atoms with Crippen molar-refractivity contribution in [1.29, 1.82) is 0 Å². The summed E-state index contributed by atoms with van der Waals surface area (Å²) in [6.45, 7) is 8.35. The topological polar surface area (TPSA) is 41.6 Å². The van der Waals surface area contributed by atoms with Crippen LogP contribution in [0.25, 0.3) is 0 Å². The van der Waals surface area contributed by atoms with Crippen molar-refractivity contribution in [3.63, 3.8) is 0 Å². The minimum absolute atomic E-state index is 0.0923. The van der Waals surface area contributed by atoms with Gasteiger partial charge in [-0.2, -0.15) is 0 Å². The van der Waals surface area contributed by atoms with Crippen LogP contribution in [0.2, 0.25) is 0 Å². The fourth-order valence-electron chi connectivity index (χ4n) is 2.53. The van der Waals surface area contributed by atoms with Crippen LogP contribution >= 0.6 is 12.2 Å². The van der Waals surface area contributed by atoms with E-state index in [1.54, 1.807) is 4.90 Å². The van der Waals surface area contributed by atoms with Crippen molar-refractivity contribution in [2.75, 3.05) is 11.9 Å². The Hall–Kier alpha value is -1.62. The lowest BCUT2D eigenvalue weighted by atomic mass is 10.2. The fraction of sp³-hybridized carbons (Fsp3) is 0.529.